The molecule has 1 fully saturated rings. The van der Waals surface area contributed by atoms with Crippen molar-refractivity contribution >= 4 is 29.2 Å². The Labute approximate surface area is 179 Å². The van der Waals surface area contributed by atoms with Gasteiger partial charge in [-0.1, -0.05) is 59.6 Å². The standard InChI is InChI=1S/C22H20Cl2N2O3/c23-16-9-10-17(18(24)14-16)20(15-6-2-1-3-7-15)29-21(19-8-4-13-28-19)25-22(27)26-11-5-12-26/h1-4,6-10,13-14,20-21H,5,11-12H2,(H,25,27). The van der Waals surface area contributed by atoms with Gasteiger partial charge in [0.2, 0.25) is 0 Å². The van der Waals surface area contributed by atoms with Crippen molar-refractivity contribution < 1.29 is 13.9 Å². The summed E-state index contributed by atoms with van der Waals surface area (Å²) in [6, 6.07) is 18.3. The number of rotatable bonds is 6. The van der Waals surface area contributed by atoms with Crippen molar-refractivity contribution in [1.29, 1.82) is 0 Å². The summed E-state index contributed by atoms with van der Waals surface area (Å²) in [5.41, 5.74) is 1.64. The van der Waals surface area contributed by atoms with Gasteiger partial charge in [0, 0.05) is 28.7 Å². The molecule has 4 rings (SSSR count). The molecule has 2 heterocycles. The van der Waals surface area contributed by atoms with E-state index in [0.717, 1.165) is 30.6 Å². The maximum atomic E-state index is 12.5. The molecule has 7 heteroatoms. The first-order valence-electron chi connectivity index (χ1n) is 9.36. The number of urea groups is 1. The maximum Gasteiger partial charge on any atom is 0.319 e. The number of nitrogens with one attached hydrogen (secondary N) is 1. The molecule has 1 aliphatic rings. The van der Waals surface area contributed by atoms with E-state index in [1.54, 1.807) is 35.4 Å². The maximum absolute atomic E-state index is 12.5. The highest BCUT2D eigenvalue weighted by molar-refractivity contribution is 6.35. The Bertz CT molecular complexity index is 959. The van der Waals surface area contributed by atoms with Crippen LogP contribution in [-0.4, -0.2) is 24.0 Å². The molecule has 150 valence electrons. The third-order valence-corrected chi connectivity index (χ3v) is 5.38. The molecule has 0 saturated carbocycles. The average molecular weight is 431 g/mol. The van der Waals surface area contributed by atoms with Crippen molar-refractivity contribution in [3.05, 3.63) is 93.9 Å². The fourth-order valence-electron chi connectivity index (χ4n) is 3.14. The van der Waals surface area contributed by atoms with E-state index in [9.17, 15) is 4.79 Å². The number of carbonyl (C=O) groups is 1. The summed E-state index contributed by atoms with van der Waals surface area (Å²) in [5.74, 6) is 0.505. The summed E-state index contributed by atoms with van der Waals surface area (Å²) < 4.78 is 11.9. The second kappa shape index (κ2) is 8.91. The van der Waals surface area contributed by atoms with Crippen molar-refractivity contribution in [1.82, 2.24) is 10.2 Å². The Morgan fingerprint density at radius 3 is 2.48 bits per heavy atom. The predicted octanol–water partition coefficient (Wildman–Crippen LogP) is 5.81. The molecule has 2 aromatic carbocycles. The summed E-state index contributed by atoms with van der Waals surface area (Å²) in [5, 5.41) is 3.95. The number of benzene rings is 2. The second-order valence-corrected chi connectivity index (χ2v) is 7.62. The Kier molecular flexibility index (Phi) is 6.09. The number of halogens is 2. The smallest absolute Gasteiger partial charge is 0.319 e. The van der Waals surface area contributed by atoms with Gasteiger partial charge in [-0.2, -0.15) is 0 Å². The number of hydrogen-bond acceptors (Lipinski definition) is 3. The second-order valence-electron chi connectivity index (χ2n) is 6.78. The van der Waals surface area contributed by atoms with Gasteiger partial charge in [0.1, 0.15) is 6.10 Å². The summed E-state index contributed by atoms with van der Waals surface area (Å²) in [6.45, 7) is 1.48. The van der Waals surface area contributed by atoms with Crippen LogP contribution in [0.15, 0.2) is 71.3 Å². The summed E-state index contributed by atoms with van der Waals surface area (Å²) >= 11 is 12.6. The third kappa shape index (κ3) is 4.58. The minimum Gasteiger partial charge on any atom is -0.465 e. The van der Waals surface area contributed by atoms with Crippen LogP contribution in [0.2, 0.25) is 10.0 Å². The van der Waals surface area contributed by atoms with Gasteiger partial charge >= 0.3 is 6.03 Å². The van der Waals surface area contributed by atoms with Gasteiger partial charge in [-0.3, -0.25) is 0 Å². The highest BCUT2D eigenvalue weighted by Gasteiger charge is 2.29. The lowest BCUT2D eigenvalue weighted by molar-refractivity contribution is -0.0222. The zero-order valence-corrected chi connectivity index (χ0v) is 17.1. The van der Waals surface area contributed by atoms with Crippen LogP contribution in [0.5, 0.6) is 0 Å². The number of carbonyl (C=O) groups excluding carboxylic acids is 1. The molecule has 1 aromatic heterocycles. The molecular weight excluding hydrogens is 411 g/mol. The monoisotopic (exact) mass is 430 g/mol. The van der Waals surface area contributed by atoms with E-state index in [2.05, 4.69) is 5.32 Å². The van der Waals surface area contributed by atoms with Gasteiger partial charge in [0.25, 0.3) is 0 Å². The molecule has 0 radical (unpaired) electrons. The number of furan rings is 1. The average Bonchev–Trinajstić information content (AvgIpc) is 3.20. The van der Waals surface area contributed by atoms with Gasteiger partial charge in [0.05, 0.1) is 6.26 Å². The zero-order valence-electron chi connectivity index (χ0n) is 15.6. The highest BCUT2D eigenvalue weighted by atomic mass is 35.5. The Balaban J connectivity index is 1.67. The van der Waals surface area contributed by atoms with E-state index in [1.165, 1.54) is 0 Å². The van der Waals surface area contributed by atoms with Gasteiger partial charge in [0.15, 0.2) is 12.0 Å². The topological polar surface area (TPSA) is 54.7 Å². The van der Waals surface area contributed by atoms with Crippen molar-refractivity contribution in [2.75, 3.05) is 13.1 Å². The lowest BCUT2D eigenvalue weighted by atomic mass is 10.0. The summed E-state index contributed by atoms with van der Waals surface area (Å²) in [7, 11) is 0. The van der Waals surface area contributed by atoms with Crippen molar-refractivity contribution in [3.63, 3.8) is 0 Å². The van der Waals surface area contributed by atoms with Gasteiger partial charge < -0.3 is 19.4 Å². The normalized spacial score (nSPS) is 15.4. The van der Waals surface area contributed by atoms with E-state index in [4.69, 9.17) is 32.4 Å². The fourth-order valence-corrected chi connectivity index (χ4v) is 3.65. The van der Waals surface area contributed by atoms with E-state index in [1.807, 2.05) is 36.4 Å². The number of likely N-dealkylation sites (tertiary alicyclic amines) is 1. The molecule has 0 spiro atoms. The molecule has 1 N–H and O–H groups in total. The van der Waals surface area contributed by atoms with Crippen LogP contribution in [0, 0.1) is 0 Å². The first-order chi connectivity index (χ1) is 14.1. The molecule has 2 amide bonds. The number of hydrogen-bond donors (Lipinski definition) is 1. The minimum atomic E-state index is -0.782. The van der Waals surface area contributed by atoms with Crippen molar-refractivity contribution in [3.8, 4) is 0 Å². The Morgan fingerprint density at radius 1 is 1.07 bits per heavy atom. The van der Waals surface area contributed by atoms with Gasteiger partial charge in [-0.05, 0) is 36.2 Å². The van der Waals surface area contributed by atoms with Crippen LogP contribution in [-0.2, 0) is 4.74 Å². The third-order valence-electron chi connectivity index (χ3n) is 4.82. The molecule has 0 bridgehead atoms. The largest absolute Gasteiger partial charge is 0.465 e. The van der Waals surface area contributed by atoms with Gasteiger partial charge in [-0.15, -0.1) is 0 Å². The van der Waals surface area contributed by atoms with Gasteiger partial charge in [-0.25, -0.2) is 4.79 Å². The molecule has 3 aromatic rings. The van der Waals surface area contributed by atoms with Crippen molar-refractivity contribution in [2.45, 2.75) is 18.8 Å². The predicted molar refractivity (Wildman–Crippen MR) is 112 cm³/mol. The summed E-state index contributed by atoms with van der Waals surface area (Å²) in [6.07, 6.45) is 1.24. The molecular formula is C22H20Cl2N2O3. The molecule has 1 aliphatic heterocycles. The van der Waals surface area contributed by atoms with E-state index < -0.39 is 12.3 Å². The van der Waals surface area contributed by atoms with Crippen molar-refractivity contribution in [2.24, 2.45) is 0 Å². The van der Waals surface area contributed by atoms with Crippen LogP contribution in [0.4, 0.5) is 4.79 Å². The molecule has 5 nitrogen and oxygen atoms in total. The lowest BCUT2D eigenvalue weighted by Crippen LogP contribution is -2.49. The molecule has 1 saturated heterocycles. The Hall–Kier alpha value is -2.47. The fraction of sp³-hybridized carbons (Fsp3) is 0.227. The van der Waals surface area contributed by atoms with Crippen LogP contribution in [0.25, 0.3) is 0 Å². The van der Waals surface area contributed by atoms with Crippen LogP contribution in [0.3, 0.4) is 0 Å². The number of nitrogens with zero attached hydrogens (tertiary/aromatic N) is 1. The zero-order chi connectivity index (χ0) is 20.2. The van der Waals surface area contributed by atoms with E-state index >= 15 is 0 Å². The molecule has 2 atom stereocenters. The SMILES string of the molecule is O=C(NC(OC(c1ccccc1)c1ccc(Cl)cc1Cl)c1ccco1)N1CCC1. The molecule has 2 unspecified atom stereocenters. The van der Waals surface area contributed by atoms with Crippen LogP contribution >= 0.6 is 23.2 Å². The first-order valence-corrected chi connectivity index (χ1v) is 10.1. The quantitative estimate of drug-likeness (QED) is 0.502. The summed E-state index contributed by atoms with van der Waals surface area (Å²) in [4.78, 5) is 14.3. The van der Waals surface area contributed by atoms with E-state index in [-0.39, 0.29) is 6.03 Å². The Morgan fingerprint density at radius 2 is 1.86 bits per heavy atom. The van der Waals surface area contributed by atoms with Crippen LogP contribution < -0.4 is 5.32 Å². The first kappa shape index (κ1) is 19.8. The molecule has 29 heavy (non-hydrogen) atoms. The lowest BCUT2D eigenvalue weighted by Gasteiger charge is -2.33. The van der Waals surface area contributed by atoms with E-state index in [0.29, 0.717) is 15.8 Å². The van der Waals surface area contributed by atoms with Crippen LogP contribution in [0.1, 0.15) is 35.6 Å². The number of amides is 2. The molecule has 0 aliphatic carbocycles. The highest BCUT2D eigenvalue weighted by Crippen LogP contribution is 2.36. The minimum absolute atomic E-state index is 0.188. The number of ether oxygens (including phenoxy) is 1.